The van der Waals surface area contributed by atoms with Crippen molar-refractivity contribution in [2.75, 3.05) is 0 Å². The molecule has 0 fully saturated rings. The van der Waals surface area contributed by atoms with Gasteiger partial charge in [0.15, 0.2) is 0 Å². The minimum atomic E-state index is 0.421. The number of benzene rings is 2. The molecule has 0 saturated heterocycles. The molecule has 0 saturated carbocycles. The van der Waals surface area contributed by atoms with Crippen LogP contribution < -0.4 is 0 Å². The van der Waals surface area contributed by atoms with Gasteiger partial charge in [-0.2, -0.15) is 0 Å². The molecule has 0 aliphatic carbocycles. The third-order valence-corrected chi connectivity index (χ3v) is 5.76. The third kappa shape index (κ3) is 2.73. The van der Waals surface area contributed by atoms with Gasteiger partial charge in [-0.15, -0.1) is 0 Å². The second kappa shape index (κ2) is 5.20. The molecule has 0 bridgehead atoms. The van der Waals surface area contributed by atoms with Gasteiger partial charge in [-0.25, -0.2) is 0 Å². The summed E-state index contributed by atoms with van der Waals surface area (Å²) in [4.78, 5) is 0. The average molecular weight is 311 g/mol. The summed E-state index contributed by atoms with van der Waals surface area (Å²) in [5.41, 5.74) is 5.37. The predicted octanol–water partition coefficient (Wildman–Crippen LogP) is 4.69. The van der Waals surface area contributed by atoms with Gasteiger partial charge in [-0.05, 0) is 0 Å². The van der Waals surface area contributed by atoms with Crippen LogP contribution in [0.2, 0.25) is 0 Å². The molecule has 3 rings (SSSR count). The molecule has 1 heterocycles. The van der Waals surface area contributed by atoms with Gasteiger partial charge < -0.3 is 0 Å². The molecule has 3 aromatic rings. The Morgan fingerprint density at radius 1 is 0.526 bits per heavy atom. The number of aryl methyl sites for hydroxylation is 2. The Kier molecular flexibility index (Phi) is 3.42. The molecule has 0 atom stereocenters. The van der Waals surface area contributed by atoms with Crippen molar-refractivity contribution < 1.29 is 0 Å². The van der Waals surface area contributed by atoms with E-state index in [-0.39, 0.29) is 0 Å². The van der Waals surface area contributed by atoms with Crippen LogP contribution in [0.25, 0.3) is 20.0 Å². The van der Waals surface area contributed by atoms with E-state index in [0.717, 1.165) is 0 Å². The van der Waals surface area contributed by atoms with Crippen LogP contribution in [-0.2, 0) is 0 Å². The summed E-state index contributed by atoms with van der Waals surface area (Å²) in [6.45, 7) is 4.27. The maximum atomic E-state index is 2.28. The number of hydrogen-bond donors (Lipinski definition) is 0. The van der Waals surface area contributed by atoms with Gasteiger partial charge >= 0.3 is 120 Å². The molecule has 0 nitrogen and oxygen atoms in total. The van der Waals surface area contributed by atoms with Crippen molar-refractivity contribution in [2.24, 2.45) is 0 Å². The van der Waals surface area contributed by atoms with E-state index in [4.69, 9.17) is 0 Å². The molecule has 0 N–H and O–H groups in total. The van der Waals surface area contributed by atoms with Crippen molar-refractivity contribution in [3.05, 3.63) is 71.8 Å². The van der Waals surface area contributed by atoms with Crippen LogP contribution >= 0.6 is 0 Å². The van der Waals surface area contributed by atoms with E-state index in [9.17, 15) is 0 Å². The zero-order valence-corrected chi connectivity index (χ0v) is 12.9. The van der Waals surface area contributed by atoms with Crippen molar-refractivity contribution >= 4 is 14.5 Å². The Balaban J connectivity index is 1.95. The monoisotopic (exact) mass is 312 g/mol. The molecule has 1 aromatic heterocycles. The second-order valence-corrected chi connectivity index (χ2v) is 7.17. The third-order valence-electron chi connectivity index (χ3n) is 3.28. The summed E-state index contributed by atoms with van der Waals surface area (Å²) in [6.07, 6.45) is 0. The van der Waals surface area contributed by atoms with Crippen LogP contribution in [-0.4, -0.2) is 14.5 Å². The average Bonchev–Trinajstić information content (AvgIpc) is 2.90. The number of rotatable bonds is 2. The second-order valence-electron chi connectivity index (χ2n) is 4.90. The molecule has 0 amide bonds. The summed E-state index contributed by atoms with van der Waals surface area (Å²) in [6, 6.07) is 22.2. The summed E-state index contributed by atoms with van der Waals surface area (Å²) in [5.74, 6) is 0. The summed E-state index contributed by atoms with van der Waals surface area (Å²) in [5, 5.41) is 0. The van der Waals surface area contributed by atoms with Gasteiger partial charge in [-0.1, -0.05) is 0 Å². The van der Waals surface area contributed by atoms with Crippen LogP contribution in [0.1, 0.15) is 11.1 Å². The van der Waals surface area contributed by atoms with Gasteiger partial charge in [0.25, 0.3) is 0 Å². The first-order chi connectivity index (χ1) is 9.22. The standard InChI is InChI=1S/C18H16Se/c1-13-3-7-15(8-4-13)17-11-12-18(19-17)16-9-5-14(2)6-10-16/h3-12H,1-2H3. The normalized spacial score (nSPS) is 10.6. The van der Waals surface area contributed by atoms with Crippen LogP contribution in [0.4, 0.5) is 0 Å². The maximum absolute atomic E-state index is 2.28. The Morgan fingerprint density at radius 2 is 0.895 bits per heavy atom. The SMILES string of the molecule is Cc1ccc(-c2ccc(-c3ccc(C)cc3)[se]2)cc1. The van der Waals surface area contributed by atoms with E-state index in [1.54, 1.807) is 0 Å². The minimum absolute atomic E-state index is 0.421. The molecule has 0 radical (unpaired) electrons. The molecular weight excluding hydrogens is 295 g/mol. The van der Waals surface area contributed by atoms with Crippen molar-refractivity contribution in [3.63, 3.8) is 0 Å². The topological polar surface area (TPSA) is 0 Å². The quantitative estimate of drug-likeness (QED) is 0.602. The van der Waals surface area contributed by atoms with Gasteiger partial charge in [0.1, 0.15) is 0 Å². The van der Waals surface area contributed by atoms with Crippen LogP contribution in [0.3, 0.4) is 0 Å². The summed E-state index contributed by atoms with van der Waals surface area (Å²) < 4.78 is 2.95. The molecule has 0 unspecified atom stereocenters. The van der Waals surface area contributed by atoms with E-state index in [0.29, 0.717) is 14.5 Å². The van der Waals surface area contributed by atoms with E-state index < -0.39 is 0 Å². The molecule has 19 heavy (non-hydrogen) atoms. The molecule has 0 aliphatic heterocycles. The van der Waals surface area contributed by atoms with E-state index in [1.807, 2.05) is 0 Å². The van der Waals surface area contributed by atoms with E-state index in [1.165, 1.54) is 31.1 Å². The van der Waals surface area contributed by atoms with Gasteiger partial charge in [-0.3, -0.25) is 0 Å². The predicted molar refractivity (Wildman–Crippen MR) is 83.7 cm³/mol. The first-order valence-electron chi connectivity index (χ1n) is 6.46. The van der Waals surface area contributed by atoms with Crippen LogP contribution in [0.15, 0.2) is 60.7 Å². The fraction of sp³-hybridized carbons (Fsp3) is 0.111. The first-order valence-corrected chi connectivity index (χ1v) is 8.17. The van der Waals surface area contributed by atoms with Gasteiger partial charge in [0.2, 0.25) is 0 Å². The summed E-state index contributed by atoms with van der Waals surface area (Å²) >= 11 is 0.421. The number of hydrogen-bond acceptors (Lipinski definition) is 0. The van der Waals surface area contributed by atoms with Crippen LogP contribution in [0.5, 0.6) is 0 Å². The fourth-order valence-corrected chi connectivity index (χ4v) is 4.22. The Morgan fingerprint density at radius 3 is 1.26 bits per heavy atom. The Labute approximate surface area is 120 Å². The van der Waals surface area contributed by atoms with Crippen LogP contribution in [0, 0.1) is 13.8 Å². The van der Waals surface area contributed by atoms with E-state index in [2.05, 4.69) is 74.5 Å². The molecule has 94 valence electrons. The Hall–Kier alpha value is -1.56. The van der Waals surface area contributed by atoms with Crippen molar-refractivity contribution in [2.45, 2.75) is 13.8 Å². The van der Waals surface area contributed by atoms with Crippen molar-refractivity contribution in [1.29, 1.82) is 0 Å². The van der Waals surface area contributed by atoms with Crippen molar-refractivity contribution in [1.82, 2.24) is 0 Å². The molecule has 1 heteroatoms. The van der Waals surface area contributed by atoms with E-state index >= 15 is 0 Å². The fourth-order valence-electron chi connectivity index (χ4n) is 2.08. The zero-order chi connectivity index (χ0) is 13.2. The molecular formula is C18H16Se. The molecule has 0 aliphatic rings. The van der Waals surface area contributed by atoms with Crippen molar-refractivity contribution in [3.8, 4) is 20.0 Å². The molecule has 0 spiro atoms. The Bertz CT molecular complexity index is 612. The molecule has 2 aromatic carbocycles. The van der Waals surface area contributed by atoms with Gasteiger partial charge in [0, 0.05) is 0 Å². The van der Waals surface area contributed by atoms with Gasteiger partial charge in [0.05, 0.1) is 0 Å². The first kappa shape index (κ1) is 12.5. The summed E-state index contributed by atoms with van der Waals surface area (Å²) in [7, 11) is 0. The zero-order valence-electron chi connectivity index (χ0n) is 11.2.